The summed E-state index contributed by atoms with van der Waals surface area (Å²) in [6, 6.07) is 8.95. The zero-order valence-electron chi connectivity index (χ0n) is 14.4. The Morgan fingerprint density at radius 3 is 2.44 bits per heavy atom. The van der Waals surface area contributed by atoms with Crippen LogP contribution in [0.1, 0.15) is 60.4 Å². The number of pyridine rings is 1. The third-order valence-electron chi connectivity index (χ3n) is 4.72. The number of halogens is 1. The molecule has 3 rings (SSSR count). The summed E-state index contributed by atoms with van der Waals surface area (Å²) in [7, 11) is 1.49. The smallest absolute Gasteiger partial charge is 0.255 e. The van der Waals surface area contributed by atoms with E-state index >= 15 is 0 Å². The second-order valence-electron chi connectivity index (χ2n) is 6.45. The number of carbonyl (C=O) groups is 1. The third kappa shape index (κ3) is 4.35. The predicted molar refractivity (Wildman–Crippen MR) is 94.5 cm³/mol. The minimum Gasteiger partial charge on any atom is -0.436 e. The number of rotatable bonds is 4. The second kappa shape index (κ2) is 8.10. The fourth-order valence-corrected chi connectivity index (χ4v) is 3.30. The van der Waals surface area contributed by atoms with Crippen LogP contribution in [0.15, 0.2) is 36.5 Å². The quantitative estimate of drug-likeness (QED) is 0.811. The van der Waals surface area contributed by atoms with Gasteiger partial charge < -0.3 is 10.1 Å². The van der Waals surface area contributed by atoms with Crippen molar-refractivity contribution in [1.29, 1.82) is 0 Å². The van der Waals surface area contributed by atoms with Crippen LogP contribution in [-0.2, 0) is 0 Å². The first-order valence-electron chi connectivity index (χ1n) is 8.83. The summed E-state index contributed by atoms with van der Waals surface area (Å²) in [5.74, 6) is -0.0239. The van der Waals surface area contributed by atoms with E-state index in [1.807, 2.05) is 12.1 Å². The van der Waals surface area contributed by atoms with Crippen LogP contribution in [0, 0.1) is 5.82 Å². The molecule has 1 aromatic carbocycles. The summed E-state index contributed by atoms with van der Waals surface area (Å²) in [6.07, 6.45) is 9.00. The van der Waals surface area contributed by atoms with Crippen molar-refractivity contribution in [2.75, 3.05) is 7.05 Å². The summed E-state index contributed by atoms with van der Waals surface area (Å²) >= 11 is 0. The monoisotopic (exact) mass is 342 g/mol. The van der Waals surface area contributed by atoms with E-state index in [0.717, 1.165) is 6.07 Å². The lowest BCUT2D eigenvalue weighted by atomic mass is 9.92. The van der Waals surface area contributed by atoms with Crippen molar-refractivity contribution in [3.8, 4) is 11.6 Å². The molecule has 0 unspecified atom stereocenters. The molecule has 132 valence electrons. The van der Waals surface area contributed by atoms with E-state index in [9.17, 15) is 9.18 Å². The SMILES string of the molecule is CNC(=O)c1cnc(Oc2ccc(C3CCCCCC3)cc2)c(F)c1. The number of hydrogen-bond acceptors (Lipinski definition) is 3. The summed E-state index contributed by atoms with van der Waals surface area (Å²) in [5.41, 5.74) is 1.48. The highest BCUT2D eigenvalue weighted by molar-refractivity contribution is 5.93. The molecule has 4 nitrogen and oxygen atoms in total. The van der Waals surface area contributed by atoms with Gasteiger partial charge in [0.05, 0.1) is 5.56 Å². The summed E-state index contributed by atoms with van der Waals surface area (Å²) in [5, 5.41) is 2.43. The number of carbonyl (C=O) groups excluding carboxylic acids is 1. The van der Waals surface area contributed by atoms with Crippen molar-refractivity contribution in [2.45, 2.75) is 44.4 Å². The Morgan fingerprint density at radius 2 is 1.84 bits per heavy atom. The van der Waals surface area contributed by atoms with Crippen LogP contribution in [0.3, 0.4) is 0 Å². The molecule has 1 aromatic heterocycles. The highest BCUT2D eigenvalue weighted by Gasteiger charge is 2.15. The molecule has 2 aromatic rings. The van der Waals surface area contributed by atoms with E-state index in [1.165, 1.54) is 57.3 Å². The van der Waals surface area contributed by atoms with Gasteiger partial charge >= 0.3 is 0 Å². The molecule has 0 spiro atoms. The maximum absolute atomic E-state index is 14.1. The van der Waals surface area contributed by atoms with Gasteiger partial charge in [-0.25, -0.2) is 9.37 Å². The van der Waals surface area contributed by atoms with E-state index in [4.69, 9.17) is 4.74 Å². The average molecular weight is 342 g/mol. The molecule has 1 amide bonds. The van der Waals surface area contributed by atoms with Crippen LogP contribution in [-0.4, -0.2) is 17.9 Å². The van der Waals surface area contributed by atoms with Gasteiger partial charge in [0, 0.05) is 13.2 Å². The number of ether oxygens (including phenoxy) is 1. The van der Waals surface area contributed by atoms with Gasteiger partial charge in [0.25, 0.3) is 11.8 Å². The van der Waals surface area contributed by atoms with Crippen molar-refractivity contribution in [3.05, 3.63) is 53.5 Å². The molecule has 0 aliphatic heterocycles. The van der Waals surface area contributed by atoms with Crippen molar-refractivity contribution >= 4 is 5.91 Å². The Hall–Kier alpha value is -2.43. The second-order valence-corrected chi connectivity index (χ2v) is 6.45. The number of benzene rings is 1. The summed E-state index contributed by atoms with van der Waals surface area (Å²) < 4.78 is 19.6. The zero-order valence-corrected chi connectivity index (χ0v) is 14.4. The lowest BCUT2D eigenvalue weighted by molar-refractivity contribution is 0.0962. The molecule has 0 radical (unpaired) electrons. The average Bonchev–Trinajstić information content (AvgIpc) is 2.93. The Kier molecular flexibility index (Phi) is 5.64. The first-order chi connectivity index (χ1) is 12.2. The molecule has 1 heterocycles. The molecule has 1 N–H and O–H groups in total. The summed E-state index contributed by atoms with van der Waals surface area (Å²) in [4.78, 5) is 15.4. The van der Waals surface area contributed by atoms with Crippen LogP contribution in [0.5, 0.6) is 11.6 Å². The topological polar surface area (TPSA) is 51.2 Å². The van der Waals surface area contributed by atoms with Gasteiger partial charge in [0.1, 0.15) is 5.75 Å². The fourth-order valence-electron chi connectivity index (χ4n) is 3.30. The Bertz CT molecular complexity index is 723. The number of nitrogens with zero attached hydrogens (tertiary/aromatic N) is 1. The molecular weight excluding hydrogens is 319 g/mol. The van der Waals surface area contributed by atoms with E-state index in [-0.39, 0.29) is 17.4 Å². The van der Waals surface area contributed by atoms with E-state index in [0.29, 0.717) is 11.7 Å². The predicted octanol–water partition coefficient (Wildman–Crippen LogP) is 4.81. The first-order valence-corrected chi connectivity index (χ1v) is 8.83. The van der Waals surface area contributed by atoms with Crippen LogP contribution >= 0.6 is 0 Å². The molecule has 25 heavy (non-hydrogen) atoms. The van der Waals surface area contributed by atoms with Crippen molar-refractivity contribution in [2.24, 2.45) is 0 Å². The maximum Gasteiger partial charge on any atom is 0.255 e. The van der Waals surface area contributed by atoms with Crippen molar-refractivity contribution in [3.63, 3.8) is 0 Å². The lowest BCUT2D eigenvalue weighted by Crippen LogP contribution is -2.18. The fraction of sp³-hybridized carbons (Fsp3) is 0.400. The van der Waals surface area contributed by atoms with Gasteiger partial charge in [0.15, 0.2) is 5.82 Å². The molecule has 1 saturated carbocycles. The maximum atomic E-state index is 14.1. The minimum atomic E-state index is -0.658. The molecular formula is C20H23FN2O2. The lowest BCUT2D eigenvalue weighted by Gasteiger charge is -2.15. The first kappa shape index (κ1) is 17.4. The summed E-state index contributed by atoms with van der Waals surface area (Å²) in [6.45, 7) is 0. The normalized spacial score (nSPS) is 15.4. The molecule has 0 bridgehead atoms. The number of hydrogen-bond donors (Lipinski definition) is 1. The zero-order chi connectivity index (χ0) is 17.6. The number of nitrogens with one attached hydrogen (secondary N) is 1. The van der Waals surface area contributed by atoms with Gasteiger partial charge in [0.2, 0.25) is 0 Å². The molecule has 1 aliphatic carbocycles. The highest BCUT2D eigenvalue weighted by Crippen LogP contribution is 2.33. The highest BCUT2D eigenvalue weighted by atomic mass is 19.1. The van der Waals surface area contributed by atoms with Gasteiger partial charge in [-0.15, -0.1) is 0 Å². The molecule has 5 heteroatoms. The third-order valence-corrected chi connectivity index (χ3v) is 4.72. The Morgan fingerprint density at radius 1 is 1.16 bits per heavy atom. The number of amides is 1. The standard InChI is InChI=1S/C20H23FN2O2/c1-22-19(24)16-12-18(21)20(23-13-16)25-17-10-8-15(9-11-17)14-6-4-2-3-5-7-14/h8-14H,2-7H2,1H3,(H,22,24). The van der Waals surface area contributed by atoms with Crippen molar-refractivity contribution < 1.29 is 13.9 Å². The van der Waals surface area contributed by atoms with Gasteiger partial charge in [-0.05, 0) is 42.5 Å². The van der Waals surface area contributed by atoms with Crippen LogP contribution < -0.4 is 10.1 Å². The molecule has 0 saturated heterocycles. The van der Waals surface area contributed by atoms with Gasteiger partial charge in [-0.3, -0.25) is 4.79 Å². The van der Waals surface area contributed by atoms with Gasteiger partial charge in [-0.2, -0.15) is 0 Å². The Balaban J connectivity index is 1.70. The van der Waals surface area contributed by atoms with Crippen molar-refractivity contribution in [1.82, 2.24) is 10.3 Å². The molecule has 0 atom stereocenters. The Labute approximate surface area is 147 Å². The minimum absolute atomic E-state index is 0.130. The van der Waals surface area contributed by atoms with Crippen LogP contribution in [0.4, 0.5) is 4.39 Å². The molecule has 1 fully saturated rings. The van der Waals surface area contributed by atoms with E-state index < -0.39 is 5.82 Å². The largest absolute Gasteiger partial charge is 0.436 e. The van der Waals surface area contributed by atoms with E-state index in [2.05, 4.69) is 22.4 Å². The van der Waals surface area contributed by atoms with Crippen LogP contribution in [0.2, 0.25) is 0 Å². The molecule has 1 aliphatic rings. The number of aromatic nitrogens is 1. The van der Waals surface area contributed by atoms with Gasteiger partial charge in [-0.1, -0.05) is 37.8 Å². The van der Waals surface area contributed by atoms with Crippen LogP contribution in [0.25, 0.3) is 0 Å². The van der Waals surface area contributed by atoms with E-state index in [1.54, 1.807) is 0 Å².